The smallest absolute Gasteiger partial charge is 0.416 e. The number of alkyl halides is 6. The first-order chi connectivity index (χ1) is 10.6. The summed E-state index contributed by atoms with van der Waals surface area (Å²) in [5, 5.41) is 8.94. The Bertz CT molecular complexity index is 607. The first-order valence-electron chi connectivity index (χ1n) is 6.94. The van der Waals surface area contributed by atoms with Gasteiger partial charge in [0.2, 0.25) is 0 Å². The lowest BCUT2D eigenvalue weighted by Gasteiger charge is -2.24. The summed E-state index contributed by atoms with van der Waals surface area (Å²) in [4.78, 5) is 11.0. The predicted molar refractivity (Wildman–Crippen MR) is 74.2 cm³/mol. The molecule has 0 spiro atoms. The van der Waals surface area contributed by atoms with Crippen molar-refractivity contribution in [1.29, 1.82) is 0 Å². The fourth-order valence-electron chi connectivity index (χ4n) is 2.47. The molecule has 0 radical (unpaired) electrons. The second-order valence-corrected chi connectivity index (χ2v) is 6.10. The minimum absolute atomic E-state index is 0.185. The van der Waals surface area contributed by atoms with Crippen LogP contribution < -0.4 is 5.73 Å². The lowest BCUT2D eigenvalue weighted by molar-refractivity contribution is -0.143. The first kappa shape index (κ1) is 20.3. The van der Waals surface area contributed by atoms with Crippen molar-refractivity contribution in [3.8, 4) is 0 Å². The van der Waals surface area contributed by atoms with Gasteiger partial charge in [-0.25, -0.2) is 0 Å². The first-order valence-corrected chi connectivity index (χ1v) is 6.94. The summed E-state index contributed by atoms with van der Waals surface area (Å²) in [6.45, 7) is 2.64. The summed E-state index contributed by atoms with van der Waals surface area (Å²) in [6, 6.07) is 1.22. The van der Waals surface area contributed by atoms with E-state index >= 15 is 0 Å². The van der Waals surface area contributed by atoms with Crippen LogP contribution >= 0.6 is 0 Å². The molecule has 1 rings (SSSR count). The van der Waals surface area contributed by atoms with Crippen LogP contribution in [0.15, 0.2) is 18.2 Å². The van der Waals surface area contributed by atoms with E-state index in [2.05, 4.69) is 0 Å². The molecule has 0 bridgehead atoms. The van der Waals surface area contributed by atoms with E-state index < -0.39 is 46.5 Å². The molecule has 9 heteroatoms. The summed E-state index contributed by atoms with van der Waals surface area (Å²) in [5.41, 5.74) is 0.960. The van der Waals surface area contributed by atoms with E-state index in [9.17, 15) is 31.1 Å². The minimum atomic E-state index is -4.81. The Morgan fingerprint density at radius 2 is 1.71 bits per heavy atom. The van der Waals surface area contributed by atoms with Gasteiger partial charge in [-0.1, -0.05) is 6.92 Å². The van der Waals surface area contributed by atoms with Crippen molar-refractivity contribution in [1.82, 2.24) is 0 Å². The number of carboxylic acids is 1. The SMILES string of the molecule is CC(Cc1cc(C(F)(F)F)ccc1C(F)(F)F)CC(C)(N)C(=O)O. The fraction of sp³-hybridized carbons (Fsp3) is 0.533. The third-order valence-corrected chi connectivity index (χ3v) is 3.57. The molecule has 0 aromatic heterocycles. The van der Waals surface area contributed by atoms with E-state index in [1.807, 2.05) is 0 Å². The van der Waals surface area contributed by atoms with Gasteiger partial charge in [0.25, 0.3) is 0 Å². The maximum Gasteiger partial charge on any atom is 0.416 e. The lowest BCUT2D eigenvalue weighted by Crippen LogP contribution is -2.46. The molecule has 2 unspecified atom stereocenters. The van der Waals surface area contributed by atoms with E-state index in [-0.39, 0.29) is 12.8 Å². The zero-order valence-electron chi connectivity index (χ0n) is 12.9. The van der Waals surface area contributed by atoms with E-state index in [0.717, 1.165) is 0 Å². The van der Waals surface area contributed by atoms with Gasteiger partial charge in [-0.05, 0) is 49.4 Å². The molecule has 2 atom stereocenters. The third kappa shape index (κ3) is 5.12. The fourth-order valence-corrected chi connectivity index (χ4v) is 2.47. The molecule has 24 heavy (non-hydrogen) atoms. The van der Waals surface area contributed by atoms with Gasteiger partial charge in [-0.2, -0.15) is 26.3 Å². The van der Waals surface area contributed by atoms with Crippen LogP contribution in [0.5, 0.6) is 0 Å². The molecular weight excluding hydrogens is 340 g/mol. The van der Waals surface area contributed by atoms with E-state index in [1.165, 1.54) is 13.8 Å². The molecule has 0 heterocycles. The molecule has 0 fully saturated rings. The quantitative estimate of drug-likeness (QED) is 0.780. The molecule has 0 aliphatic rings. The minimum Gasteiger partial charge on any atom is -0.480 e. The number of rotatable bonds is 5. The van der Waals surface area contributed by atoms with Gasteiger partial charge in [0.05, 0.1) is 11.1 Å². The Kier molecular flexibility index (Phi) is 5.59. The average molecular weight is 357 g/mol. The monoisotopic (exact) mass is 357 g/mol. The van der Waals surface area contributed by atoms with Crippen LogP contribution in [0.4, 0.5) is 26.3 Å². The maximum atomic E-state index is 13.0. The molecule has 1 aromatic carbocycles. The predicted octanol–water partition coefficient (Wildman–Crippen LogP) is 4.09. The highest BCUT2D eigenvalue weighted by atomic mass is 19.4. The summed E-state index contributed by atoms with van der Waals surface area (Å²) >= 11 is 0. The molecule has 3 N–H and O–H groups in total. The number of benzene rings is 1. The zero-order chi connectivity index (χ0) is 18.9. The van der Waals surface area contributed by atoms with Gasteiger partial charge < -0.3 is 10.8 Å². The number of carbonyl (C=O) groups is 1. The second-order valence-electron chi connectivity index (χ2n) is 6.10. The number of nitrogens with two attached hydrogens (primary N) is 1. The van der Waals surface area contributed by atoms with Crippen molar-refractivity contribution < 1.29 is 36.2 Å². The molecule has 1 aromatic rings. The Balaban J connectivity index is 3.18. The van der Waals surface area contributed by atoms with Gasteiger partial charge in [-0.3, -0.25) is 4.79 Å². The Morgan fingerprint density at radius 3 is 2.12 bits per heavy atom. The summed E-state index contributed by atoms with van der Waals surface area (Å²) < 4.78 is 77.2. The topological polar surface area (TPSA) is 63.3 Å². The number of halogens is 6. The average Bonchev–Trinajstić information content (AvgIpc) is 2.35. The van der Waals surface area contributed by atoms with Crippen LogP contribution in [0, 0.1) is 5.92 Å². The van der Waals surface area contributed by atoms with E-state index in [0.29, 0.717) is 18.2 Å². The van der Waals surface area contributed by atoms with Gasteiger partial charge in [-0.15, -0.1) is 0 Å². The highest BCUT2D eigenvalue weighted by Crippen LogP contribution is 2.37. The maximum absolute atomic E-state index is 13.0. The molecule has 136 valence electrons. The largest absolute Gasteiger partial charge is 0.480 e. The van der Waals surface area contributed by atoms with Gasteiger partial charge >= 0.3 is 18.3 Å². The highest BCUT2D eigenvalue weighted by Gasteiger charge is 2.38. The van der Waals surface area contributed by atoms with Crippen LogP contribution in [-0.4, -0.2) is 16.6 Å². The molecule has 0 aliphatic heterocycles. The van der Waals surface area contributed by atoms with Crippen molar-refractivity contribution in [3.63, 3.8) is 0 Å². The molecule has 0 saturated heterocycles. The third-order valence-electron chi connectivity index (χ3n) is 3.57. The Labute approximate surface area is 134 Å². The van der Waals surface area contributed by atoms with Crippen LogP contribution in [0.2, 0.25) is 0 Å². The summed E-state index contributed by atoms with van der Waals surface area (Å²) in [7, 11) is 0. The van der Waals surface area contributed by atoms with E-state index in [1.54, 1.807) is 0 Å². The van der Waals surface area contributed by atoms with Crippen LogP contribution in [0.1, 0.15) is 37.0 Å². The Hall–Kier alpha value is -1.77. The van der Waals surface area contributed by atoms with Crippen LogP contribution in [0.3, 0.4) is 0 Å². The van der Waals surface area contributed by atoms with E-state index in [4.69, 9.17) is 10.8 Å². The van der Waals surface area contributed by atoms with Crippen molar-refractivity contribution in [2.45, 2.75) is 44.6 Å². The van der Waals surface area contributed by atoms with Gasteiger partial charge in [0.1, 0.15) is 5.54 Å². The van der Waals surface area contributed by atoms with Crippen molar-refractivity contribution in [2.75, 3.05) is 0 Å². The second kappa shape index (κ2) is 6.62. The number of hydrogen-bond acceptors (Lipinski definition) is 2. The number of aliphatic carboxylic acids is 1. The normalized spacial score (nSPS) is 16.5. The van der Waals surface area contributed by atoms with Crippen LogP contribution in [0.25, 0.3) is 0 Å². The lowest BCUT2D eigenvalue weighted by atomic mass is 9.85. The standard InChI is InChI=1S/C15H17F6NO2/c1-8(7-13(2,22)12(23)24)5-9-6-10(14(16,17)18)3-4-11(9)15(19,20)21/h3-4,6,8H,5,7,22H2,1-2H3,(H,23,24). The van der Waals surface area contributed by atoms with Crippen LogP contribution in [-0.2, 0) is 23.6 Å². The Morgan fingerprint density at radius 1 is 1.17 bits per heavy atom. The van der Waals surface area contributed by atoms with Gasteiger partial charge in [0, 0.05) is 0 Å². The highest BCUT2D eigenvalue weighted by molar-refractivity contribution is 5.77. The molecule has 0 amide bonds. The summed E-state index contributed by atoms with van der Waals surface area (Å²) in [6.07, 6.45) is -10.1. The molecule has 3 nitrogen and oxygen atoms in total. The summed E-state index contributed by atoms with van der Waals surface area (Å²) in [5.74, 6) is -2.00. The molecule has 0 aliphatic carbocycles. The van der Waals surface area contributed by atoms with Gasteiger partial charge in [0.15, 0.2) is 0 Å². The zero-order valence-corrected chi connectivity index (χ0v) is 12.9. The molecule has 0 saturated carbocycles. The van der Waals surface area contributed by atoms with Crippen molar-refractivity contribution in [2.24, 2.45) is 11.7 Å². The van der Waals surface area contributed by atoms with Crippen molar-refractivity contribution >= 4 is 5.97 Å². The van der Waals surface area contributed by atoms with Crippen molar-refractivity contribution in [3.05, 3.63) is 34.9 Å². The molecular formula is C15H17F6NO2. The number of carboxylic acid groups (broad SMARTS) is 1. The number of hydrogen-bond donors (Lipinski definition) is 2.